The van der Waals surface area contributed by atoms with Crippen LogP contribution in [-0.2, 0) is 4.74 Å². The van der Waals surface area contributed by atoms with Gasteiger partial charge < -0.3 is 4.74 Å². The molecule has 0 aromatic heterocycles. The Morgan fingerprint density at radius 3 is 2.35 bits per heavy atom. The van der Waals surface area contributed by atoms with Gasteiger partial charge in [-0.2, -0.15) is 0 Å². The van der Waals surface area contributed by atoms with Crippen LogP contribution in [0.25, 0.3) is 0 Å². The maximum atomic E-state index is 5.64. The monoisotopic (exact) mass is 244 g/mol. The van der Waals surface area contributed by atoms with Crippen LogP contribution >= 0.6 is 0 Å². The van der Waals surface area contributed by atoms with Crippen molar-refractivity contribution in [2.45, 2.75) is 77.9 Å². The summed E-state index contributed by atoms with van der Waals surface area (Å²) in [5, 5.41) is 0. The highest BCUT2D eigenvalue weighted by atomic mass is 16.5. The summed E-state index contributed by atoms with van der Waals surface area (Å²) >= 11 is 0. The highest BCUT2D eigenvalue weighted by molar-refractivity contribution is 4.71. The molecule has 0 aliphatic carbocycles. The molecular weight excluding hydrogens is 212 g/mol. The number of hydrogen-bond acceptors (Lipinski definition) is 3. The summed E-state index contributed by atoms with van der Waals surface area (Å²) in [6, 6.07) is 0.439. The zero-order valence-corrected chi connectivity index (χ0v) is 12.2. The van der Waals surface area contributed by atoms with E-state index in [-0.39, 0.29) is 0 Å². The number of unbranched alkanes of at least 4 members (excludes halogenated alkanes) is 1. The molecule has 3 unspecified atom stereocenters. The summed E-state index contributed by atoms with van der Waals surface area (Å²) in [5.41, 5.74) is 2.97. The highest BCUT2D eigenvalue weighted by Gasteiger charge is 2.14. The van der Waals surface area contributed by atoms with E-state index in [1.807, 2.05) is 0 Å². The van der Waals surface area contributed by atoms with Crippen molar-refractivity contribution in [3.8, 4) is 0 Å². The molecule has 3 atom stereocenters. The van der Waals surface area contributed by atoms with E-state index in [0.717, 1.165) is 18.8 Å². The van der Waals surface area contributed by atoms with E-state index in [1.54, 1.807) is 7.11 Å². The molecule has 0 amide bonds. The third kappa shape index (κ3) is 8.58. The Morgan fingerprint density at radius 1 is 1.18 bits per heavy atom. The first-order valence-electron chi connectivity index (χ1n) is 7.16. The van der Waals surface area contributed by atoms with E-state index in [4.69, 9.17) is 10.6 Å². The molecule has 0 heterocycles. The molecule has 3 nitrogen and oxygen atoms in total. The average molecular weight is 244 g/mol. The van der Waals surface area contributed by atoms with Gasteiger partial charge in [-0.1, -0.05) is 39.5 Å². The predicted octanol–water partition coefficient (Wildman–Crippen LogP) is 3.24. The molecule has 0 aliphatic heterocycles. The zero-order valence-electron chi connectivity index (χ0n) is 12.2. The smallest absolute Gasteiger partial charge is 0.0543 e. The standard InChI is InChI=1S/C14H32N2O/c1-5-7-8-13(6-2)11-14(16-15)10-9-12(3)17-4/h12-14,16H,5-11,15H2,1-4H3. The van der Waals surface area contributed by atoms with Crippen LogP contribution in [0.15, 0.2) is 0 Å². The van der Waals surface area contributed by atoms with Crippen LogP contribution in [0.5, 0.6) is 0 Å². The van der Waals surface area contributed by atoms with Crippen molar-refractivity contribution in [2.24, 2.45) is 11.8 Å². The van der Waals surface area contributed by atoms with Crippen molar-refractivity contribution in [3.63, 3.8) is 0 Å². The lowest BCUT2D eigenvalue weighted by molar-refractivity contribution is 0.104. The Morgan fingerprint density at radius 2 is 1.88 bits per heavy atom. The SMILES string of the molecule is CCCCC(CC)CC(CCC(C)OC)NN. The minimum atomic E-state index is 0.335. The molecule has 0 aromatic carbocycles. The van der Waals surface area contributed by atoms with E-state index < -0.39 is 0 Å². The van der Waals surface area contributed by atoms with Crippen LogP contribution in [0.2, 0.25) is 0 Å². The normalized spacial score (nSPS) is 16.8. The number of hydrazine groups is 1. The molecule has 0 bridgehead atoms. The minimum Gasteiger partial charge on any atom is -0.382 e. The average Bonchev–Trinajstić information content (AvgIpc) is 2.37. The summed E-state index contributed by atoms with van der Waals surface area (Å²) in [6.45, 7) is 6.65. The maximum absolute atomic E-state index is 5.64. The fourth-order valence-corrected chi connectivity index (χ4v) is 2.21. The third-order valence-electron chi connectivity index (χ3n) is 3.72. The topological polar surface area (TPSA) is 47.3 Å². The van der Waals surface area contributed by atoms with Gasteiger partial charge in [0.15, 0.2) is 0 Å². The lowest BCUT2D eigenvalue weighted by Crippen LogP contribution is -2.37. The Bertz CT molecular complexity index is 164. The van der Waals surface area contributed by atoms with Gasteiger partial charge in [0.1, 0.15) is 0 Å². The molecule has 0 aliphatic rings. The van der Waals surface area contributed by atoms with E-state index in [9.17, 15) is 0 Å². The van der Waals surface area contributed by atoms with Crippen molar-refractivity contribution in [1.82, 2.24) is 5.43 Å². The summed E-state index contributed by atoms with van der Waals surface area (Å²) < 4.78 is 5.27. The largest absolute Gasteiger partial charge is 0.382 e. The molecule has 104 valence electrons. The van der Waals surface area contributed by atoms with Crippen LogP contribution in [0, 0.1) is 5.92 Å². The quantitative estimate of drug-likeness (QED) is 0.433. The fraction of sp³-hybridized carbons (Fsp3) is 1.00. The predicted molar refractivity (Wildman–Crippen MR) is 74.7 cm³/mol. The van der Waals surface area contributed by atoms with Gasteiger partial charge in [-0.3, -0.25) is 11.3 Å². The first-order valence-corrected chi connectivity index (χ1v) is 7.16. The minimum absolute atomic E-state index is 0.335. The highest BCUT2D eigenvalue weighted by Crippen LogP contribution is 2.20. The van der Waals surface area contributed by atoms with Gasteiger partial charge in [-0.15, -0.1) is 0 Å². The number of rotatable bonds is 11. The van der Waals surface area contributed by atoms with Crippen molar-refractivity contribution in [3.05, 3.63) is 0 Å². The molecule has 0 aromatic rings. The van der Waals surface area contributed by atoms with Gasteiger partial charge in [0.2, 0.25) is 0 Å². The second-order valence-electron chi connectivity index (χ2n) is 5.14. The lowest BCUT2D eigenvalue weighted by Gasteiger charge is -2.23. The summed E-state index contributed by atoms with van der Waals surface area (Å²) in [5.74, 6) is 6.46. The molecule has 0 fully saturated rings. The van der Waals surface area contributed by atoms with E-state index in [1.165, 1.54) is 32.1 Å². The summed E-state index contributed by atoms with van der Waals surface area (Å²) in [6.07, 6.45) is 8.94. The second kappa shape index (κ2) is 11.0. The van der Waals surface area contributed by atoms with Crippen molar-refractivity contribution < 1.29 is 4.74 Å². The molecule has 17 heavy (non-hydrogen) atoms. The van der Waals surface area contributed by atoms with Crippen molar-refractivity contribution in [2.75, 3.05) is 7.11 Å². The Hall–Kier alpha value is -0.120. The second-order valence-corrected chi connectivity index (χ2v) is 5.14. The van der Waals surface area contributed by atoms with Gasteiger partial charge >= 0.3 is 0 Å². The van der Waals surface area contributed by atoms with E-state index in [2.05, 4.69) is 26.2 Å². The molecule has 0 saturated carbocycles. The molecule has 3 N–H and O–H groups in total. The Kier molecular flexibility index (Phi) is 10.9. The summed E-state index contributed by atoms with van der Waals surface area (Å²) in [4.78, 5) is 0. The number of nitrogens with two attached hydrogens (primary N) is 1. The molecule has 0 rings (SSSR count). The van der Waals surface area contributed by atoms with Crippen LogP contribution in [-0.4, -0.2) is 19.3 Å². The molecule has 0 spiro atoms. The van der Waals surface area contributed by atoms with Crippen LogP contribution in [0.4, 0.5) is 0 Å². The molecule has 3 heteroatoms. The van der Waals surface area contributed by atoms with Crippen LogP contribution < -0.4 is 11.3 Å². The first kappa shape index (κ1) is 16.9. The van der Waals surface area contributed by atoms with Gasteiger partial charge in [0, 0.05) is 13.2 Å². The van der Waals surface area contributed by atoms with Gasteiger partial charge in [-0.05, 0) is 32.1 Å². The third-order valence-corrected chi connectivity index (χ3v) is 3.72. The van der Waals surface area contributed by atoms with Gasteiger partial charge in [-0.25, -0.2) is 0 Å². The number of methoxy groups -OCH3 is 1. The van der Waals surface area contributed by atoms with E-state index >= 15 is 0 Å². The maximum Gasteiger partial charge on any atom is 0.0543 e. The number of ether oxygens (including phenoxy) is 1. The van der Waals surface area contributed by atoms with Crippen molar-refractivity contribution >= 4 is 0 Å². The van der Waals surface area contributed by atoms with Crippen LogP contribution in [0.1, 0.15) is 65.7 Å². The molecule has 0 saturated heterocycles. The number of hydrogen-bond donors (Lipinski definition) is 2. The Labute approximate surface area is 107 Å². The Balaban J connectivity index is 3.90. The van der Waals surface area contributed by atoms with E-state index in [0.29, 0.717) is 12.1 Å². The number of nitrogens with one attached hydrogen (secondary N) is 1. The van der Waals surface area contributed by atoms with Crippen molar-refractivity contribution in [1.29, 1.82) is 0 Å². The molecule has 0 radical (unpaired) electrons. The van der Waals surface area contributed by atoms with Crippen LogP contribution in [0.3, 0.4) is 0 Å². The lowest BCUT2D eigenvalue weighted by atomic mass is 9.90. The summed E-state index contributed by atoms with van der Waals surface area (Å²) in [7, 11) is 1.77. The van der Waals surface area contributed by atoms with Gasteiger partial charge in [0.25, 0.3) is 0 Å². The first-order chi connectivity index (χ1) is 8.17. The fourth-order valence-electron chi connectivity index (χ4n) is 2.21. The van der Waals surface area contributed by atoms with Gasteiger partial charge in [0.05, 0.1) is 6.10 Å². The molecular formula is C14H32N2O. The zero-order chi connectivity index (χ0) is 13.1.